The number of sulfonamides is 1. The molecule has 1 aliphatic heterocycles. The van der Waals surface area contributed by atoms with Gasteiger partial charge in [0.15, 0.2) is 5.13 Å². The fraction of sp³-hybridized carbons (Fsp3) is 0.417. The highest BCUT2D eigenvalue weighted by Crippen LogP contribution is 2.33. The van der Waals surface area contributed by atoms with E-state index in [9.17, 15) is 13.2 Å². The molecule has 1 saturated heterocycles. The number of piperidine rings is 1. The number of fused-ring (bicyclic) bond motifs is 1. The van der Waals surface area contributed by atoms with E-state index in [1.54, 1.807) is 17.0 Å². The molecule has 0 N–H and O–H groups in total. The van der Waals surface area contributed by atoms with Crippen LogP contribution in [0.25, 0.3) is 10.2 Å². The highest BCUT2D eigenvalue weighted by Gasteiger charge is 2.27. The lowest BCUT2D eigenvalue weighted by Gasteiger charge is -2.26. The molecule has 0 radical (unpaired) electrons. The molecule has 0 unspecified atom stereocenters. The molecular formula is C24H29ClN4O3S2. The Morgan fingerprint density at radius 3 is 2.41 bits per heavy atom. The van der Waals surface area contributed by atoms with Crippen molar-refractivity contribution in [1.82, 2.24) is 14.2 Å². The molecule has 3 aromatic rings. The van der Waals surface area contributed by atoms with Crippen LogP contribution in [0.4, 0.5) is 5.13 Å². The van der Waals surface area contributed by atoms with Crippen LogP contribution in [0, 0.1) is 6.92 Å². The van der Waals surface area contributed by atoms with E-state index in [0.29, 0.717) is 41.9 Å². The van der Waals surface area contributed by atoms with Gasteiger partial charge in [0.25, 0.3) is 5.91 Å². The number of carbonyl (C=O) groups excluding carboxylic acids is 1. The van der Waals surface area contributed by atoms with E-state index in [0.717, 1.165) is 35.0 Å². The van der Waals surface area contributed by atoms with Crippen LogP contribution in [0.3, 0.4) is 0 Å². The number of hydrogen-bond donors (Lipinski definition) is 0. The zero-order valence-electron chi connectivity index (χ0n) is 19.6. The van der Waals surface area contributed by atoms with Crippen molar-refractivity contribution in [3.63, 3.8) is 0 Å². The molecular weight excluding hydrogens is 492 g/mol. The molecule has 10 heteroatoms. The van der Waals surface area contributed by atoms with Crippen LogP contribution < -0.4 is 4.90 Å². The van der Waals surface area contributed by atoms with E-state index in [1.807, 2.05) is 38.1 Å². The second-order valence-electron chi connectivity index (χ2n) is 8.82. The van der Waals surface area contributed by atoms with E-state index in [2.05, 4.69) is 0 Å². The van der Waals surface area contributed by atoms with Gasteiger partial charge in [0.1, 0.15) is 0 Å². The molecule has 0 aliphatic carbocycles. The Balaban J connectivity index is 1.63. The Labute approximate surface area is 210 Å². The Morgan fingerprint density at radius 1 is 1.09 bits per heavy atom. The molecule has 7 nitrogen and oxygen atoms in total. The number of aromatic nitrogens is 1. The summed E-state index contributed by atoms with van der Waals surface area (Å²) in [6, 6.07) is 9.97. The fourth-order valence-corrected chi connectivity index (χ4v) is 6.98. The first-order valence-electron chi connectivity index (χ1n) is 11.3. The van der Waals surface area contributed by atoms with Gasteiger partial charge in [-0.15, -0.1) is 0 Å². The zero-order valence-corrected chi connectivity index (χ0v) is 22.0. The third-order valence-corrected chi connectivity index (χ3v) is 9.10. The molecule has 1 aromatic heterocycles. The number of benzene rings is 2. The normalized spacial score (nSPS) is 15.2. The summed E-state index contributed by atoms with van der Waals surface area (Å²) in [5, 5.41) is 1.23. The molecule has 0 bridgehead atoms. The first-order valence-corrected chi connectivity index (χ1v) is 13.9. The van der Waals surface area contributed by atoms with E-state index in [-0.39, 0.29) is 10.8 Å². The Kier molecular flexibility index (Phi) is 7.59. The molecule has 2 aromatic carbocycles. The summed E-state index contributed by atoms with van der Waals surface area (Å²) in [4.78, 5) is 22.2. The van der Waals surface area contributed by atoms with E-state index < -0.39 is 10.0 Å². The monoisotopic (exact) mass is 520 g/mol. The van der Waals surface area contributed by atoms with Crippen molar-refractivity contribution >= 4 is 54.2 Å². The van der Waals surface area contributed by atoms with Gasteiger partial charge in [-0.2, -0.15) is 4.31 Å². The number of hydrogen-bond acceptors (Lipinski definition) is 6. The number of halogens is 1. The molecule has 0 saturated carbocycles. The SMILES string of the molecule is Cc1cc(Cl)cc2sc(N(CCN(C)C)C(=O)c3ccc(S(=O)(=O)N4CCCCC4)cc3)nc12. The topological polar surface area (TPSA) is 73.8 Å². The van der Waals surface area contributed by atoms with E-state index in [1.165, 1.54) is 27.8 Å². The van der Waals surface area contributed by atoms with Crippen molar-refractivity contribution in [1.29, 1.82) is 0 Å². The minimum atomic E-state index is -3.55. The summed E-state index contributed by atoms with van der Waals surface area (Å²) in [7, 11) is 0.354. The third-order valence-electron chi connectivity index (χ3n) is 5.94. The summed E-state index contributed by atoms with van der Waals surface area (Å²) in [5.74, 6) is -0.216. The van der Waals surface area contributed by atoms with Gasteiger partial charge in [0.2, 0.25) is 10.0 Å². The second kappa shape index (κ2) is 10.3. The van der Waals surface area contributed by atoms with Gasteiger partial charge in [0, 0.05) is 36.8 Å². The number of rotatable bonds is 7. The van der Waals surface area contributed by atoms with Gasteiger partial charge < -0.3 is 4.90 Å². The molecule has 4 rings (SSSR count). The van der Waals surface area contributed by atoms with Gasteiger partial charge in [-0.3, -0.25) is 9.69 Å². The lowest BCUT2D eigenvalue weighted by atomic mass is 10.2. The Morgan fingerprint density at radius 2 is 1.76 bits per heavy atom. The van der Waals surface area contributed by atoms with Crippen molar-refractivity contribution in [2.24, 2.45) is 0 Å². The predicted molar refractivity (Wildman–Crippen MR) is 139 cm³/mol. The molecule has 1 fully saturated rings. The van der Waals surface area contributed by atoms with Crippen LogP contribution in [0.2, 0.25) is 5.02 Å². The number of thiazole rings is 1. The standard InChI is InChI=1S/C24H29ClN4O3S2/c1-17-15-19(25)16-21-22(17)26-24(33-21)29(14-13-27(2)3)23(30)18-7-9-20(10-8-18)34(31,32)28-11-5-4-6-12-28/h7-10,15-16H,4-6,11-14H2,1-3H3. The van der Waals surface area contributed by atoms with Crippen LogP contribution >= 0.6 is 22.9 Å². The summed E-state index contributed by atoms with van der Waals surface area (Å²) in [6.07, 6.45) is 2.81. The minimum absolute atomic E-state index is 0.216. The van der Waals surface area contributed by atoms with E-state index >= 15 is 0 Å². The minimum Gasteiger partial charge on any atom is -0.308 e. The van der Waals surface area contributed by atoms with Crippen LogP contribution in [0.1, 0.15) is 35.2 Å². The number of aryl methyl sites for hydroxylation is 1. The maximum atomic E-state index is 13.5. The van der Waals surface area contributed by atoms with Gasteiger partial charge in [-0.25, -0.2) is 13.4 Å². The van der Waals surface area contributed by atoms with E-state index in [4.69, 9.17) is 16.6 Å². The van der Waals surface area contributed by atoms with Crippen LogP contribution in [-0.4, -0.2) is 68.8 Å². The van der Waals surface area contributed by atoms with Crippen molar-refractivity contribution in [2.75, 3.05) is 45.2 Å². The second-order valence-corrected chi connectivity index (χ2v) is 12.2. The molecule has 1 amide bonds. The smallest absolute Gasteiger partial charge is 0.260 e. The number of nitrogens with zero attached hydrogens (tertiary/aromatic N) is 4. The molecule has 182 valence electrons. The zero-order chi connectivity index (χ0) is 24.5. The molecule has 0 spiro atoms. The summed E-state index contributed by atoms with van der Waals surface area (Å²) in [6.45, 7) is 4.14. The number of amides is 1. The summed E-state index contributed by atoms with van der Waals surface area (Å²) in [5.41, 5.74) is 2.21. The van der Waals surface area contributed by atoms with Crippen molar-refractivity contribution in [3.8, 4) is 0 Å². The van der Waals surface area contributed by atoms with Crippen molar-refractivity contribution < 1.29 is 13.2 Å². The highest BCUT2D eigenvalue weighted by atomic mass is 35.5. The quantitative estimate of drug-likeness (QED) is 0.453. The van der Waals surface area contributed by atoms with Gasteiger partial charge in [0.05, 0.1) is 15.1 Å². The predicted octanol–water partition coefficient (Wildman–Crippen LogP) is 4.64. The van der Waals surface area contributed by atoms with Crippen LogP contribution in [0.15, 0.2) is 41.3 Å². The van der Waals surface area contributed by atoms with Crippen molar-refractivity contribution in [3.05, 3.63) is 52.5 Å². The number of carbonyl (C=O) groups is 1. The highest BCUT2D eigenvalue weighted by molar-refractivity contribution is 7.89. The lowest BCUT2D eigenvalue weighted by molar-refractivity contribution is 0.0985. The van der Waals surface area contributed by atoms with Crippen LogP contribution in [-0.2, 0) is 10.0 Å². The maximum Gasteiger partial charge on any atom is 0.260 e. The molecule has 34 heavy (non-hydrogen) atoms. The average Bonchev–Trinajstić information content (AvgIpc) is 3.23. The number of likely N-dealkylation sites (N-methyl/N-ethyl adjacent to an activating group) is 1. The lowest BCUT2D eigenvalue weighted by Crippen LogP contribution is -2.37. The van der Waals surface area contributed by atoms with Gasteiger partial charge in [-0.05, 0) is 75.8 Å². The average molecular weight is 521 g/mol. The summed E-state index contributed by atoms with van der Waals surface area (Å²) < 4.78 is 28.4. The molecule has 2 heterocycles. The van der Waals surface area contributed by atoms with Gasteiger partial charge in [-0.1, -0.05) is 29.4 Å². The van der Waals surface area contributed by atoms with Gasteiger partial charge >= 0.3 is 0 Å². The fourth-order valence-electron chi connectivity index (χ4n) is 4.02. The summed E-state index contributed by atoms with van der Waals surface area (Å²) >= 11 is 7.64. The third kappa shape index (κ3) is 5.28. The Bertz CT molecular complexity index is 1280. The largest absolute Gasteiger partial charge is 0.308 e. The number of anilines is 1. The first kappa shape index (κ1) is 25.1. The van der Waals surface area contributed by atoms with Crippen molar-refractivity contribution in [2.45, 2.75) is 31.1 Å². The molecule has 1 aliphatic rings. The maximum absolute atomic E-state index is 13.5. The Hall–Kier alpha value is -2.04. The first-order chi connectivity index (χ1) is 16.2. The van der Waals surface area contributed by atoms with Crippen LogP contribution in [0.5, 0.6) is 0 Å². The molecule has 0 atom stereocenters.